The first-order valence-electron chi connectivity index (χ1n) is 6.79. The molecule has 0 fully saturated rings. The lowest BCUT2D eigenvalue weighted by atomic mass is 10.1. The van der Waals surface area contributed by atoms with Gasteiger partial charge in [0.2, 0.25) is 5.89 Å². The van der Waals surface area contributed by atoms with E-state index in [0.717, 1.165) is 25.8 Å². The predicted molar refractivity (Wildman–Crippen MR) is 97.4 cm³/mol. The molecule has 0 aliphatic rings. The van der Waals surface area contributed by atoms with Crippen LogP contribution in [-0.4, -0.2) is 16.3 Å². The monoisotopic (exact) mass is 434 g/mol. The highest BCUT2D eigenvalue weighted by Gasteiger charge is 2.12. The zero-order valence-corrected chi connectivity index (χ0v) is 15.3. The third-order valence-electron chi connectivity index (χ3n) is 3.17. The number of oxazole rings is 1. The maximum atomic E-state index is 9.90. The van der Waals surface area contributed by atoms with E-state index in [2.05, 4.69) is 41.8 Å². The Labute approximate surface area is 150 Å². The van der Waals surface area contributed by atoms with Gasteiger partial charge in [0.05, 0.1) is 11.9 Å². The lowest BCUT2D eigenvalue weighted by Crippen LogP contribution is -1.83. The molecule has 116 valence electrons. The van der Waals surface area contributed by atoms with Crippen LogP contribution in [0, 0.1) is 6.92 Å². The second-order valence-corrected chi connectivity index (χ2v) is 6.70. The summed E-state index contributed by atoms with van der Waals surface area (Å²) in [6.07, 6.45) is 1.48. The summed E-state index contributed by atoms with van der Waals surface area (Å²) < 4.78 is 7.10. The zero-order chi connectivity index (χ0) is 16.4. The smallest absolute Gasteiger partial charge is 0.312 e. The summed E-state index contributed by atoms with van der Waals surface area (Å²) in [5, 5.41) is 9.90. The maximum Gasteiger partial charge on any atom is 0.312 e. The quantitative estimate of drug-likeness (QED) is 0.542. The lowest BCUT2D eigenvalue weighted by molar-refractivity contribution is 0.337. The first-order valence-corrected chi connectivity index (χ1v) is 8.37. The van der Waals surface area contributed by atoms with Crippen LogP contribution < -0.4 is 0 Å². The molecule has 1 aromatic heterocycles. The molecular weight excluding hydrogens is 424 g/mol. The standard InChI is InChI=1S/C17H12Br2N2O2/c1-10-2-4-11(5-3-10)16-21-15(17(22)23-16)9-20-14-7-6-12(18)8-13(14)19/h2-9,22H,1H3. The minimum absolute atomic E-state index is 0.252. The van der Waals surface area contributed by atoms with Crippen molar-refractivity contribution in [1.82, 2.24) is 4.98 Å². The van der Waals surface area contributed by atoms with E-state index in [9.17, 15) is 5.11 Å². The number of hydrogen-bond donors (Lipinski definition) is 1. The summed E-state index contributed by atoms with van der Waals surface area (Å²) >= 11 is 6.83. The predicted octanol–water partition coefficient (Wildman–Crippen LogP) is 5.63. The molecule has 2 aromatic carbocycles. The molecule has 0 spiro atoms. The topological polar surface area (TPSA) is 58.6 Å². The first-order chi connectivity index (χ1) is 11.0. The molecule has 1 heterocycles. The van der Waals surface area contributed by atoms with Gasteiger partial charge in [0.25, 0.3) is 0 Å². The lowest BCUT2D eigenvalue weighted by Gasteiger charge is -1.97. The fourth-order valence-corrected chi connectivity index (χ4v) is 3.09. The van der Waals surface area contributed by atoms with Crippen LogP contribution in [0.2, 0.25) is 0 Å². The molecule has 3 rings (SSSR count). The van der Waals surface area contributed by atoms with Crippen LogP contribution in [0.4, 0.5) is 5.69 Å². The van der Waals surface area contributed by atoms with Crippen molar-refractivity contribution in [3.8, 4) is 17.4 Å². The zero-order valence-electron chi connectivity index (χ0n) is 12.1. The van der Waals surface area contributed by atoms with Crippen molar-refractivity contribution in [2.24, 2.45) is 4.99 Å². The number of halogens is 2. The Morgan fingerprint density at radius 1 is 1.13 bits per heavy atom. The molecule has 1 N–H and O–H groups in total. The molecule has 0 amide bonds. The van der Waals surface area contributed by atoms with Crippen LogP contribution in [0.1, 0.15) is 11.3 Å². The van der Waals surface area contributed by atoms with E-state index in [-0.39, 0.29) is 11.6 Å². The van der Waals surface area contributed by atoms with Gasteiger partial charge in [0.15, 0.2) is 5.69 Å². The number of hydrogen-bond acceptors (Lipinski definition) is 4. The highest BCUT2D eigenvalue weighted by Crippen LogP contribution is 2.30. The fourth-order valence-electron chi connectivity index (χ4n) is 1.94. The van der Waals surface area contributed by atoms with Gasteiger partial charge in [-0.1, -0.05) is 33.6 Å². The fraction of sp³-hybridized carbons (Fsp3) is 0.0588. The van der Waals surface area contributed by atoms with Crippen molar-refractivity contribution >= 4 is 43.8 Å². The van der Waals surface area contributed by atoms with Crippen molar-refractivity contribution in [3.05, 3.63) is 62.7 Å². The van der Waals surface area contributed by atoms with E-state index in [0.29, 0.717) is 5.89 Å². The van der Waals surface area contributed by atoms with Gasteiger partial charge in [-0.05, 0) is 53.2 Å². The number of aliphatic imine (C=N–C) groups is 1. The van der Waals surface area contributed by atoms with Gasteiger partial charge in [0, 0.05) is 14.5 Å². The molecule has 0 saturated heterocycles. The van der Waals surface area contributed by atoms with Gasteiger partial charge < -0.3 is 9.52 Å². The molecule has 0 bridgehead atoms. The number of aromatic nitrogens is 1. The van der Waals surface area contributed by atoms with Gasteiger partial charge in [-0.15, -0.1) is 0 Å². The molecule has 0 aliphatic carbocycles. The van der Waals surface area contributed by atoms with Crippen LogP contribution in [-0.2, 0) is 0 Å². The molecule has 23 heavy (non-hydrogen) atoms. The summed E-state index contributed by atoms with van der Waals surface area (Å²) in [6, 6.07) is 13.3. The Hall–Kier alpha value is -1.92. The number of nitrogens with zero attached hydrogens (tertiary/aromatic N) is 2. The molecule has 4 nitrogen and oxygen atoms in total. The van der Waals surface area contributed by atoms with E-state index >= 15 is 0 Å². The maximum absolute atomic E-state index is 9.90. The summed E-state index contributed by atoms with van der Waals surface area (Å²) in [6.45, 7) is 2.00. The van der Waals surface area contributed by atoms with Crippen molar-refractivity contribution in [2.45, 2.75) is 6.92 Å². The number of aromatic hydroxyl groups is 1. The molecule has 0 radical (unpaired) electrons. The molecule has 3 aromatic rings. The summed E-state index contributed by atoms with van der Waals surface area (Å²) in [4.78, 5) is 8.61. The minimum atomic E-state index is -0.252. The molecular formula is C17H12Br2N2O2. The number of benzene rings is 2. The van der Waals surface area contributed by atoms with Crippen LogP contribution in [0.3, 0.4) is 0 Å². The van der Waals surface area contributed by atoms with Crippen LogP contribution >= 0.6 is 31.9 Å². The Morgan fingerprint density at radius 3 is 2.57 bits per heavy atom. The summed E-state index contributed by atoms with van der Waals surface area (Å²) in [5.74, 6) is 0.108. The Kier molecular flexibility index (Phi) is 4.63. The second kappa shape index (κ2) is 6.68. The summed E-state index contributed by atoms with van der Waals surface area (Å²) in [7, 11) is 0. The molecule has 0 aliphatic heterocycles. The molecule has 0 unspecified atom stereocenters. The van der Waals surface area contributed by atoms with E-state index in [4.69, 9.17) is 4.42 Å². The largest absolute Gasteiger partial charge is 0.479 e. The van der Waals surface area contributed by atoms with Gasteiger partial charge in [0.1, 0.15) is 0 Å². The molecule has 0 atom stereocenters. The van der Waals surface area contributed by atoms with Crippen molar-refractivity contribution in [1.29, 1.82) is 0 Å². The van der Waals surface area contributed by atoms with Crippen molar-refractivity contribution in [2.75, 3.05) is 0 Å². The first kappa shape index (κ1) is 16.0. The Balaban J connectivity index is 1.89. The third-order valence-corrected chi connectivity index (χ3v) is 4.30. The number of aryl methyl sites for hydroxylation is 1. The van der Waals surface area contributed by atoms with Crippen LogP contribution in [0.15, 0.2) is 60.8 Å². The third kappa shape index (κ3) is 3.71. The highest BCUT2D eigenvalue weighted by molar-refractivity contribution is 9.11. The number of rotatable bonds is 3. The average Bonchev–Trinajstić information content (AvgIpc) is 2.88. The summed E-state index contributed by atoms with van der Waals surface area (Å²) in [5.41, 5.74) is 2.96. The Bertz CT molecular complexity index is 871. The second-order valence-electron chi connectivity index (χ2n) is 4.93. The molecule has 0 saturated carbocycles. The van der Waals surface area contributed by atoms with Gasteiger partial charge >= 0.3 is 5.95 Å². The minimum Gasteiger partial charge on any atom is -0.479 e. The Morgan fingerprint density at radius 2 is 1.87 bits per heavy atom. The average molecular weight is 436 g/mol. The van der Waals surface area contributed by atoms with Crippen LogP contribution in [0.5, 0.6) is 5.95 Å². The van der Waals surface area contributed by atoms with E-state index in [1.165, 1.54) is 6.21 Å². The van der Waals surface area contributed by atoms with Crippen molar-refractivity contribution < 1.29 is 9.52 Å². The van der Waals surface area contributed by atoms with Gasteiger partial charge in [-0.2, -0.15) is 0 Å². The van der Waals surface area contributed by atoms with Crippen molar-refractivity contribution in [3.63, 3.8) is 0 Å². The molecule has 6 heteroatoms. The van der Waals surface area contributed by atoms with E-state index in [1.807, 2.05) is 49.4 Å². The van der Waals surface area contributed by atoms with Gasteiger partial charge in [-0.3, -0.25) is 4.99 Å². The SMILES string of the molecule is Cc1ccc(-c2nc(C=Nc3ccc(Br)cc3Br)c(O)o2)cc1. The van der Waals surface area contributed by atoms with E-state index in [1.54, 1.807) is 0 Å². The van der Waals surface area contributed by atoms with Gasteiger partial charge in [-0.25, -0.2) is 4.98 Å². The normalized spacial score (nSPS) is 11.3. The van der Waals surface area contributed by atoms with Crippen LogP contribution in [0.25, 0.3) is 11.5 Å². The highest BCUT2D eigenvalue weighted by atomic mass is 79.9. The van der Waals surface area contributed by atoms with E-state index < -0.39 is 0 Å².